The van der Waals surface area contributed by atoms with E-state index < -0.39 is 0 Å². The van der Waals surface area contributed by atoms with Gasteiger partial charge in [0.15, 0.2) is 10.4 Å². The Morgan fingerprint density at radius 1 is 1.22 bits per heavy atom. The first-order valence-electron chi connectivity index (χ1n) is 6.08. The summed E-state index contributed by atoms with van der Waals surface area (Å²) in [6.07, 6.45) is 2.92. The monoisotopic (exact) mass is 313 g/mol. The van der Waals surface area contributed by atoms with E-state index in [1.54, 1.807) is 12.1 Å². The lowest BCUT2D eigenvalue weighted by Gasteiger charge is -1.99. The van der Waals surface area contributed by atoms with Crippen molar-refractivity contribution in [3.05, 3.63) is 22.7 Å². The second-order valence-electron chi connectivity index (χ2n) is 3.96. The molecule has 2 heterocycles. The maximum absolute atomic E-state index is 5.52. The number of hydrogen-bond donors (Lipinski definition) is 1. The molecular weight excluding hydrogens is 298 g/mol. The van der Waals surface area contributed by atoms with Gasteiger partial charge in [-0.05, 0) is 54.0 Å². The van der Waals surface area contributed by atoms with Crippen molar-refractivity contribution in [3.63, 3.8) is 0 Å². The summed E-state index contributed by atoms with van der Waals surface area (Å²) >= 11 is 3.24. The predicted octanol–water partition coefficient (Wildman–Crippen LogP) is 3.02. The summed E-state index contributed by atoms with van der Waals surface area (Å²) in [5.74, 6) is 1.66. The number of halogens is 1. The predicted molar refractivity (Wildman–Crippen MR) is 71.2 cm³/mol. The maximum atomic E-state index is 5.52. The molecule has 2 rings (SSSR count). The van der Waals surface area contributed by atoms with Crippen molar-refractivity contribution < 1.29 is 8.83 Å². The molecule has 0 aromatic carbocycles. The van der Waals surface area contributed by atoms with Gasteiger partial charge in [0.2, 0.25) is 5.89 Å². The zero-order valence-corrected chi connectivity index (χ0v) is 11.9. The molecule has 0 aliphatic carbocycles. The maximum Gasteiger partial charge on any atom is 0.283 e. The lowest BCUT2D eigenvalue weighted by atomic mass is 10.3. The Kier molecular flexibility index (Phi) is 4.95. The van der Waals surface area contributed by atoms with E-state index in [-0.39, 0.29) is 0 Å². The molecule has 6 heteroatoms. The second kappa shape index (κ2) is 6.70. The van der Waals surface area contributed by atoms with Crippen molar-refractivity contribution in [1.29, 1.82) is 0 Å². The number of furan rings is 1. The Balaban J connectivity index is 1.83. The van der Waals surface area contributed by atoms with Gasteiger partial charge >= 0.3 is 0 Å². The molecule has 0 unspecified atom stereocenters. The number of aromatic nitrogens is 2. The first-order valence-corrected chi connectivity index (χ1v) is 6.87. The van der Waals surface area contributed by atoms with E-state index in [1.807, 2.05) is 0 Å². The molecule has 0 saturated carbocycles. The van der Waals surface area contributed by atoms with E-state index >= 15 is 0 Å². The van der Waals surface area contributed by atoms with Gasteiger partial charge in [0.1, 0.15) is 0 Å². The minimum atomic E-state index is 0.428. The highest BCUT2D eigenvalue weighted by molar-refractivity contribution is 9.10. The number of aryl methyl sites for hydroxylation is 1. The van der Waals surface area contributed by atoms with Gasteiger partial charge in [-0.1, -0.05) is 6.92 Å². The van der Waals surface area contributed by atoms with Crippen molar-refractivity contribution in [2.75, 3.05) is 13.1 Å². The van der Waals surface area contributed by atoms with E-state index in [1.165, 1.54) is 0 Å². The van der Waals surface area contributed by atoms with Gasteiger partial charge in [-0.2, -0.15) is 0 Å². The van der Waals surface area contributed by atoms with Crippen LogP contribution in [-0.2, 0) is 6.42 Å². The minimum absolute atomic E-state index is 0.428. The largest absolute Gasteiger partial charge is 0.444 e. The molecule has 5 nitrogen and oxygen atoms in total. The smallest absolute Gasteiger partial charge is 0.283 e. The molecule has 0 atom stereocenters. The molecule has 0 amide bonds. The molecule has 0 spiro atoms. The van der Waals surface area contributed by atoms with Crippen LogP contribution < -0.4 is 5.32 Å². The Labute approximate surface area is 114 Å². The van der Waals surface area contributed by atoms with Crippen LogP contribution in [0.4, 0.5) is 0 Å². The molecule has 2 aromatic rings. The van der Waals surface area contributed by atoms with Crippen LogP contribution in [0.5, 0.6) is 0 Å². The zero-order valence-electron chi connectivity index (χ0n) is 10.3. The standard InChI is InChI=1S/C12H16BrN3O2/c1-2-7-14-8-3-4-11-15-16-12(18-11)9-5-6-10(13)17-9/h5-6,14H,2-4,7-8H2,1H3. The average Bonchev–Trinajstić information content (AvgIpc) is 2.97. The van der Waals surface area contributed by atoms with Gasteiger partial charge in [-0.3, -0.25) is 0 Å². The third kappa shape index (κ3) is 3.68. The fraction of sp³-hybridized carbons (Fsp3) is 0.500. The zero-order chi connectivity index (χ0) is 12.8. The SMILES string of the molecule is CCCNCCCc1nnc(-c2ccc(Br)o2)o1. The quantitative estimate of drug-likeness (QED) is 0.796. The Bertz CT molecular complexity index is 481. The topological polar surface area (TPSA) is 64.1 Å². The van der Waals surface area contributed by atoms with E-state index in [0.717, 1.165) is 32.4 Å². The van der Waals surface area contributed by atoms with Crippen molar-refractivity contribution >= 4 is 15.9 Å². The van der Waals surface area contributed by atoms with Crippen LogP contribution in [0, 0.1) is 0 Å². The van der Waals surface area contributed by atoms with Gasteiger partial charge in [-0.25, -0.2) is 0 Å². The van der Waals surface area contributed by atoms with Crippen LogP contribution in [-0.4, -0.2) is 23.3 Å². The van der Waals surface area contributed by atoms with Gasteiger partial charge in [0.05, 0.1) is 0 Å². The number of hydrogen-bond acceptors (Lipinski definition) is 5. The molecule has 18 heavy (non-hydrogen) atoms. The Morgan fingerprint density at radius 2 is 2.11 bits per heavy atom. The molecular formula is C12H16BrN3O2. The van der Waals surface area contributed by atoms with Gasteiger partial charge in [0.25, 0.3) is 5.89 Å². The summed E-state index contributed by atoms with van der Waals surface area (Å²) in [6, 6.07) is 3.60. The van der Waals surface area contributed by atoms with Crippen LogP contribution >= 0.6 is 15.9 Å². The number of rotatable bonds is 7. The molecule has 2 aromatic heterocycles. The highest BCUT2D eigenvalue weighted by atomic mass is 79.9. The third-order valence-electron chi connectivity index (χ3n) is 2.42. The summed E-state index contributed by atoms with van der Waals surface area (Å²) in [5, 5.41) is 11.3. The second-order valence-corrected chi connectivity index (χ2v) is 4.74. The summed E-state index contributed by atoms with van der Waals surface area (Å²) < 4.78 is 11.5. The molecule has 0 bridgehead atoms. The van der Waals surface area contributed by atoms with Gasteiger partial charge in [0, 0.05) is 6.42 Å². The summed E-state index contributed by atoms with van der Waals surface area (Å²) in [7, 11) is 0. The molecule has 0 aliphatic heterocycles. The van der Waals surface area contributed by atoms with Crippen LogP contribution in [0.15, 0.2) is 25.6 Å². The van der Waals surface area contributed by atoms with Crippen molar-refractivity contribution in [3.8, 4) is 11.7 Å². The van der Waals surface area contributed by atoms with Crippen LogP contribution in [0.3, 0.4) is 0 Å². The number of nitrogens with zero attached hydrogens (tertiary/aromatic N) is 2. The van der Waals surface area contributed by atoms with Gasteiger partial charge < -0.3 is 14.2 Å². The van der Waals surface area contributed by atoms with E-state index in [2.05, 4.69) is 38.4 Å². The fourth-order valence-corrected chi connectivity index (χ4v) is 1.86. The summed E-state index contributed by atoms with van der Waals surface area (Å²) in [6.45, 7) is 4.17. The normalized spacial score (nSPS) is 11.0. The minimum Gasteiger partial charge on any atom is -0.444 e. The fourth-order valence-electron chi connectivity index (χ4n) is 1.55. The first kappa shape index (κ1) is 13.3. The van der Waals surface area contributed by atoms with E-state index in [9.17, 15) is 0 Å². The average molecular weight is 314 g/mol. The molecule has 0 saturated heterocycles. The Morgan fingerprint density at radius 3 is 2.83 bits per heavy atom. The van der Waals surface area contributed by atoms with Crippen molar-refractivity contribution in [2.45, 2.75) is 26.2 Å². The summed E-state index contributed by atoms with van der Waals surface area (Å²) in [4.78, 5) is 0. The number of nitrogens with one attached hydrogen (secondary N) is 1. The molecule has 0 aliphatic rings. The first-order chi connectivity index (χ1) is 8.79. The van der Waals surface area contributed by atoms with Crippen LogP contribution in [0.25, 0.3) is 11.7 Å². The lowest BCUT2D eigenvalue weighted by Crippen LogP contribution is -2.16. The molecule has 0 fully saturated rings. The molecule has 1 N–H and O–H groups in total. The third-order valence-corrected chi connectivity index (χ3v) is 2.85. The van der Waals surface area contributed by atoms with Crippen LogP contribution in [0.2, 0.25) is 0 Å². The van der Waals surface area contributed by atoms with Crippen molar-refractivity contribution in [2.24, 2.45) is 0 Å². The van der Waals surface area contributed by atoms with Crippen molar-refractivity contribution in [1.82, 2.24) is 15.5 Å². The summed E-state index contributed by atoms with van der Waals surface area (Å²) in [5.41, 5.74) is 0. The highest BCUT2D eigenvalue weighted by Gasteiger charge is 2.11. The van der Waals surface area contributed by atoms with E-state index in [0.29, 0.717) is 22.2 Å². The van der Waals surface area contributed by atoms with Crippen LogP contribution in [0.1, 0.15) is 25.7 Å². The lowest BCUT2D eigenvalue weighted by molar-refractivity contribution is 0.466. The highest BCUT2D eigenvalue weighted by Crippen LogP contribution is 2.23. The van der Waals surface area contributed by atoms with Gasteiger partial charge in [-0.15, -0.1) is 10.2 Å². The van der Waals surface area contributed by atoms with E-state index in [4.69, 9.17) is 8.83 Å². The Hall–Kier alpha value is -1.14. The molecule has 0 radical (unpaired) electrons. The molecule has 98 valence electrons.